The summed E-state index contributed by atoms with van der Waals surface area (Å²) in [5, 5.41) is 9.22. The van der Waals surface area contributed by atoms with Crippen LogP contribution < -0.4 is 4.74 Å². The summed E-state index contributed by atoms with van der Waals surface area (Å²) in [5.74, 6) is -0.849. The van der Waals surface area contributed by atoms with E-state index in [2.05, 4.69) is 0 Å². The normalized spacial score (nSPS) is 17.1. The van der Waals surface area contributed by atoms with Gasteiger partial charge in [-0.3, -0.25) is 4.79 Å². The Hall–Kier alpha value is -2.86. The first-order valence-corrected chi connectivity index (χ1v) is 8.04. The Bertz CT molecular complexity index is 746. The van der Waals surface area contributed by atoms with E-state index in [0.717, 1.165) is 11.1 Å². The molecular weight excluding hydrogens is 322 g/mol. The highest BCUT2D eigenvalue weighted by Crippen LogP contribution is 2.29. The molecule has 1 atom stereocenters. The first-order valence-electron chi connectivity index (χ1n) is 8.04. The zero-order valence-corrected chi connectivity index (χ0v) is 13.6. The number of para-hydroxylation sites is 1. The molecule has 1 unspecified atom stereocenters. The highest BCUT2D eigenvalue weighted by Gasteiger charge is 2.32. The van der Waals surface area contributed by atoms with Crippen LogP contribution in [0.4, 0.5) is 0 Å². The molecule has 6 nitrogen and oxygen atoms in total. The standard InChI is InChI=1S/C19H19NO5/c21-18(20-10-11-24-12-16(20)19(22)23)13-25-17-9-5-4-8-15(17)14-6-2-1-3-7-14/h1-9,16H,10-13H2,(H,22,23). The molecule has 0 spiro atoms. The predicted molar refractivity (Wildman–Crippen MR) is 91.3 cm³/mol. The minimum atomic E-state index is -1.07. The summed E-state index contributed by atoms with van der Waals surface area (Å²) < 4.78 is 10.9. The number of carbonyl (C=O) groups excluding carboxylic acids is 1. The monoisotopic (exact) mass is 341 g/mol. The molecule has 1 saturated heterocycles. The number of nitrogens with zero attached hydrogens (tertiary/aromatic N) is 1. The Morgan fingerprint density at radius 1 is 1.12 bits per heavy atom. The van der Waals surface area contributed by atoms with Crippen LogP contribution in [0.3, 0.4) is 0 Å². The lowest BCUT2D eigenvalue weighted by Crippen LogP contribution is -2.53. The van der Waals surface area contributed by atoms with Crippen LogP contribution in [0.1, 0.15) is 0 Å². The largest absolute Gasteiger partial charge is 0.483 e. The molecule has 130 valence electrons. The Morgan fingerprint density at radius 2 is 1.84 bits per heavy atom. The quantitative estimate of drug-likeness (QED) is 0.901. The van der Waals surface area contributed by atoms with E-state index in [-0.39, 0.29) is 25.7 Å². The molecule has 1 fully saturated rings. The Balaban J connectivity index is 1.71. The van der Waals surface area contributed by atoms with Gasteiger partial charge >= 0.3 is 5.97 Å². The van der Waals surface area contributed by atoms with Crippen molar-refractivity contribution in [1.29, 1.82) is 0 Å². The van der Waals surface area contributed by atoms with Gasteiger partial charge in [0.15, 0.2) is 12.6 Å². The number of morpholine rings is 1. The molecule has 1 aliphatic rings. The van der Waals surface area contributed by atoms with Gasteiger partial charge in [-0.15, -0.1) is 0 Å². The second kappa shape index (κ2) is 7.81. The molecule has 2 aromatic carbocycles. The van der Waals surface area contributed by atoms with Crippen molar-refractivity contribution in [1.82, 2.24) is 4.90 Å². The first kappa shape index (κ1) is 17.0. The molecule has 1 N–H and O–H groups in total. The SMILES string of the molecule is O=C(O)C1COCCN1C(=O)COc1ccccc1-c1ccccc1. The van der Waals surface area contributed by atoms with E-state index >= 15 is 0 Å². The first-order chi connectivity index (χ1) is 12.2. The van der Waals surface area contributed by atoms with Crippen molar-refractivity contribution in [2.45, 2.75) is 6.04 Å². The Kier molecular flexibility index (Phi) is 5.30. The van der Waals surface area contributed by atoms with Gasteiger partial charge < -0.3 is 19.5 Å². The molecule has 6 heteroatoms. The maximum atomic E-state index is 12.4. The molecule has 1 amide bonds. The summed E-state index contributed by atoms with van der Waals surface area (Å²) in [6.45, 7) is 0.366. The Labute approximate surface area is 145 Å². The molecule has 3 rings (SSSR count). The number of carboxylic acids is 1. The molecule has 0 radical (unpaired) electrons. The average molecular weight is 341 g/mol. The lowest BCUT2D eigenvalue weighted by Gasteiger charge is -2.32. The fourth-order valence-corrected chi connectivity index (χ4v) is 2.78. The van der Waals surface area contributed by atoms with Crippen LogP contribution in [-0.2, 0) is 14.3 Å². The second-order valence-electron chi connectivity index (χ2n) is 5.67. The highest BCUT2D eigenvalue weighted by atomic mass is 16.5. The van der Waals surface area contributed by atoms with E-state index < -0.39 is 12.0 Å². The fraction of sp³-hybridized carbons (Fsp3) is 0.263. The number of carbonyl (C=O) groups is 2. The summed E-state index contributed by atoms with van der Waals surface area (Å²) in [6.07, 6.45) is 0. The number of aliphatic carboxylic acids is 1. The van der Waals surface area contributed by atoms with E-state index in [1.54, 1.807) is 6.07 Å². The molecule has 25 heavy (non-hydrogen) atoms. The van der Waals surface area contributed by atoms with Gasteiger partial charge in [-0.05, 0) is 11.6 Å². The van der Waals surface area contributed by atoms with Gasteiger partial charge in [0.1, 0.15) is 5.75 Å². The maximum Gasteiger partial charge on any atom is 0.328 e. The molecule has 2 aromatic rings. The number of amides is 1. The van der Waals surface area contributed by atoms with Crippen molar-refractivity contribution in [2.24, 2.45) is 0 Å². The van der Waals surface area contributed by atoms with Crippen LogP contribution in [0.5, 0.6) is 5.75 Å². The van der Waals surface area contributed by atoms with Crippen molar-refractivity contribution < 1.29 is 24.2 Å². The van der Waals surface area contributed by atoms with E-state index in [1.165, 1.54) is 4.90 Å². The summed E-state index contributed by atoms with van der Waals surface area (Å²) in [4.78, 5) is 25.0. The van der Waals surface area contributed by atoms with Crippen LogP contribution in [-0.4, -0.2) is 54.3 Å². The van der Waals surface area contributed by atoms with Gasteiger partial charge in [-0.25, -0.2) is 4.79 Å². The van der Waals surface area contributed by atoms with Crippen LogP contribution in [0.25, 0.3) is 11.1 Å². The van der Waals surface area contributed by atoms with Gasteiger partial charge in [0, 0.05) is 12.1 Å². The lowest BCUT2D eigenvalue weighted by atomic mass is 10.1. The topological polar surface area (TPSA) is 76.1 Å². The number of ether oxygens (including phenoxy) is 2. The van der Waals surface area contributed by atoms with Gasteiger partial charge in [0.05, 0.1) is 13.2 Å². The van der Waals surface area contributed by atoms with E-state index in [1.807, 2.05) is 48.5 Å². The summed E-state index contributed by atoms with van der Waals surface area (Å²) >= 11 is 0. The van der Waals surface area contributed by atoms with E-state index in [4.69, 9.17) is 9.47 Å². The van der Waals surface area contributed by atoms with Gasteiger partial charge in [0.2, 0.25) is 0 Å². The smallest absolute Gasteiger partial charge is 0.328 e. The number of carboxylic acid groups (broad SMARTS) is 1. The third kappa shape index (κ3) is 3.97. The van der Waals surface area contributed by atoms with Crippen molar-refractivity contribution in [3.8, 4) is 16.9 Å². The molecule has 0 saturated carbocycles. The second-order valence-corrected chi connectivity index (χ2v) is 5.67. The summed E-state index contributed by atoms with van der Waals surface area (Å²) in [5.41, 5.74) is 1.87. The number of benzene rings is 2. The lowest BCUT2D eigenvalue weighted by molar-refractivity contribution is -0.159. The van der Waals surface area contributed by atoms with Crippen LogP contribution in [0.2, 0.25) is 0 Å². The number of hydrogen-bond donors (Lipinski definition) is 1. The number of rotatable bonds is 5. The average Bonchev–Trinajstić information content (AvgIpc) is 2.67. The zero-order valence-electron chi connectivity index (χ0n) is 13.6. The molecule has 0 aromatic heterocycles. The molecule has 1 heterocycles. The molecule has 1 aliphatic heterocycles. The molecule has 0 aliphatic carbocycles. The maximum absolute atomic E-state index is 12.4. The van der Waals surface area contributed by atoms with Gasteiger partial charge in [-0.1, -0.05) is 48.5 Å². The van der Waals surface area contributed by atoms with Gasteiger partial charge in [-0.2, -0.15) is 0 Å². The van der Waals surface area contributed by atoms with Crippen molar-refractivity contribution >= 4 is 11.9 Å². The summed E-state index contributed by atoms with van der Waals surface area (Å²) in [6, 6.07) is 16.2. The van der Waals surface area contributed by atoms with Crippen molar-refractivity contribution in [3.63, 3.8) is 0 Å². The van der Waals surface area contributed by atoms with E-state index in [9.17, 15) is 14.7 Å². The minimum Gasteiger partial charge on any atom is -0.483 e. The fourth-order valence-electron chi connectivity index (χ4n) is 2.78. The highest BCUT2D eigenvalue weighted by molar-refractivity contribution is 5.85. The predicted octanol–water partition coefficient (Wildman–Crippen LogP) is 2.04. The Morgan fingerprint density at radius 3 is 2.60 bits per heavy atom. The number of hydrogen-bond acceptors (Lipinski definition) is 4. The minimum absolute atomic E-state index is 0.00166. The van der Waals surface area contributed by atoms with Crippen molar-refractivity contribution in [3.05, 3.63) is 54.6 Å². The molecule has 0 bridgehead atoms. The third-order valence-electron chi connectivity index (χ3n) is 4.06. The summed E-state index contributed by atoms with van der Waals surface area (Å²) in [7, 11) is 0. The van der Waals surface area contributed by atoms with Crippen molar-refractivity contribution in [2.75, 3.05) is 26.4 Å². The third-order valence-corrected chi connectivity index (χ3v) is 4.06. The van der Waals surface area contributed by atoms with Crippen LogP contribution in [0.15, 0.2) is 54.6 Å². The van der Waals surface area contributed by atoms with E-state index in [0.29, 0.717) is 12.4 Å². The zero-order chi connectivity index (χ0) is 17.6. The van der Waals surface area contributed by atoms with Crippen LogP contribution in [0, 0.1) is 0 Å². The van der Waals surface area contributed by atoms with Crippen LogP contribution >= 0.6 is 0 Å². The van der Waals surface area contributed by atoms with Gasteiger partial charge in [0.25, 0.3) is 5.91 Å². The molecular formula is C19H19NO5.